The van der Waals surface area contributed by atoms with Crippen molar-refractivity contribution in [1.29, 1.82) is 0 Å². The Bertz CT molecular complexity index is 667. The number of carboxylic acid groups (broad SMARTS) is 1. The highest BCUT2D eigenvalue weighted by Crippen LogP contribution is 2.36. The van der Waals surface area contributed by atoms with Crippen molar-refractivity contribution in [3.8, 4) is 0 Å². The fourth-order valence-electron chi connectivity index (χ4n) is 1.71. The molecule has 2 N–H and O–H groups in total. The maximum absolute atomic E-state index is 12.8. The van der Waals surface area contributed by atoms with Crippen molar-refractivity contribution in [2.75, 3.05) is 5.32 Å². The van der Waals surface area contributed by atoms with Gasteiger partial charge in [0.25, 0.3) is 0 Å². The predicted octanol–water partition coefficient (Wildman–Crippen LogP) is 4.37. The van der Waals surface area contributed by atoms with Crippen LogP contribution in [0.2, 0.25) is 0 Å². The number of nitrogens with one attached hydrogen (secondary N) is 1. The number of furan rings is 1. The summed E-state index contributed by atoms with van der Waals surface area (Å²) < 4.78 is 43.0. The molecule has 0 unspecified atom stereocenters. The van der Waals surface area contributed by atoms with E-state index >= 15 is 0 Å². The van der Waals surface area contributed by atoms with Crippen molar-refractivity contribution in [2.45, 2.75) is 12.7 Å². The third-order valence-electron chi connectivity index (χ3n) is 2.70. The Labute approximate surface area is 125 Å². The molecule has 0 spiro atoms. The highest BCUT2D eigenvalue weighted by Gasteiger charge is 2.33. The molecular formula is C13H9BrF3NO3. The van der Waals surface area contributed by atoms with Gasteiger partial charge in [-0.05, 0) is 24.3 Å². The Morgan fingerprint density at radius 2 is 2.05 bits per heavy atom. The number of halogens is 4. The molecule has 112 valence electrons. The minimum Gasteiger partial charge on any atom is -0.475 e. The normalized spacial score (nSPS) is 11.4. The maximum atomic E-state index is 12.8. The first kappa shape index (κ1) is 15.4. The number of carbonyl (C=O) groups is 1. The standard InChI is InChI=1S/C13H9BrF3NO3/c14-10-2-1-8(5-9(10)13(15,16)17)18-6-7-3-4-21-11(7)12(19)20/h1-5,18H,6H2,(H,19,20). The van der Waals surface area contributed by atoms with Gasteiger partial charge in [0.1, 0.15) is 0 Å². The first-order valence-electron chi connectivity index (χ1n) is 5.69. The van der Waals surface area contributed by atoms with Crippen LogP contribution in [0.15, 0.2) is 39.4 Å². The zero-order valence-corrected chi connectivity index (χ0v) is 12.0. The number of alkyl halides is 3. The maximum Gasteiger partial charge on any atom is 0.417 e. The molecule has 2 aromatic rings. The lowest BCUT2D eigenvalue weighted by molar-refractivity contribution is -0.138. The smallest absolute Gasteiger partial charge is 0.417 e. The fourth-order valence-corrected chi connectivity index (χ4v) is 2.18. The van der Waals surface area contributed by atoms with E-state index in [4.69, 9.17) is 9.52 Å². The lowest BCUT2D eigenvalue weighted by Gasteiger charge is -2.12. The van der Waals surface area contributed by atoms with Crippen LogP contribution in [-0.4, -0.2) is 11.1 Å². The SMILES string of the molecule is O=C(O)c1occc1CNc1ccc(Br)c(C(F)(F)F)c1. The summed E-state index contributed by atoms with van der Waals surface area (Å²) >= 11 is 2.85. The van der Waals surface area contributed by atoms with Gasteiger partial charge >= 0.3 is 12.1 Å². The van der Waals surface area contributed by atoms with Crippen molar-refractivity contribution in [3.63, 3.8) is 0 Å². The van der Waals surface area contributed by atoms with Gasteiger partial charge in [-0.3, -0.25) is 0 Å². The van der Waals surface area contributed by atoms with E-state index in [1.165, 1.54) is 24.5 Å². The number of anilines is 1. The molecule has 2 rings (SSSR count). The summed E-state index contributed by atoms with van der Waals surface area (Å²) in [5.74, 6) is -1.47. The zero-order chi connectivity index (χ0) is 15.6. The Kier molecular flexibility index (Phi) is 4.26. The number of hydrogen-bond donors (Lipinski definition) is 2. The first-order valence-corrected chi connectivity index (χ1v) is 6.48. The van der Waals surface area contributed by atoms with Crippen LogP contribution >= 0.6 is 15.9 Å². The second kappa shape index (κ2) is 5.80. The van der Waals surface area contributed by atoms with Gasteiger partial charge in [-0.2, -0.15) is 13.2 Å². The second-order valence-electron chi connectivity index (χ2n) is 4.13. The quantitative estimate of drug-likeness (QED) is 0.846. The molecule has 1 aromatic carbocycles. The van der Waals surface area contributed by atoms with E-state index in [1.54, 1.807) is 0 Å². The van der Waals surface area contributed by atoms with Crippen molar-refractivity contribution in [2.24, 2.45) is 0 Å². The number of carboxylic acids is 1. The molecule has 1 aromatic heterocycles. The lowest BCUT2D eigenvalue weighted by atomic mass is 10.2. The molecule has 4 nitrogen and oxygen atoms in total. The first-order chi connectivity index (χ1) is 9.79. The van der Waals surface area contributed by atoms with E-state index in [2.05, 4.69) is 21.2 Å². The summed E-state index contributed by atoms with van der Waals surface area (Å²) in [7, 11) is 0. The molecule has 0 amide bonds. The number of hydrogen-bond acceptors (Lipinski definition) is 3. The van der Waals surface area contributed by atoms with Crippen LogP contribution in [0.4, 0.5) is 18.9 Å². The van der Waals surface area contributed by atoms with Gasteiger partial charge in [0, 0.05) is 22.3 Å². The molecule has 1 heterocycles. The van der Waals surface area contributed by atoms with Gasteiger partial charge < -0.3 is 14.8 Å². The van der Waals surface area contributed by atoms with Crippen LogP contribution in [0.5, 0.6) is 0 Å². The van der Waals surface area contributed by atoms with Crippen molar-refractivity contribution in [1.82, 2.24) is 0 Å². The number of rotatable bonds is 4. The van der Waals surface area contributed by atoms with Crippen LogP contribution in [0.3, 0.4) is 0 Å². The molecule has 0 saturated heterocycles. The number of benzene rings is 1. The van der Waals surface area contributed by atoms with Gasteiger partial charge in [-0.15, -0.1) is 0 Å². The zero-order valence-electron chi connectivity index (χ0n) is 10.4. The molecular weight excluding hydrogens is 355 g/mol. The lowest BCUT2D eigenvalue weighted by Crippen LogP contribution is -2.08. The van der Waals surface area contributed by atoms with Gasteiger partial charge in [-0.1, -0.05) is 15.9 Å². The molecule has 0 saturated carbocycles. The highest BCUT2D eigenvalue weighted by atomic mass is 79.9. The van der Waals surface area contributed by atoms with E-state index in [0.29, 0.717) is 5.56 Å². The van der Waals surface area contributed by atoms with E-state index in [1.807, 2.05) is 0 Å². The highest BCUT2D eigenvalue weighted by molar-refractivity contribution is 9.10. The van der Waals surface area contributed by atoms with Crippen molar-refractivity contribution >= 4 is 27.6 Å². The topological polar surface area (TPSA) is 62.5 Å². The van der Waals surface area contributed by atoms with Crippen LogP contribution < -0.4 is 5.32 Å². The average Bonchev–Trinajstić information content (AvgIpc) is 2.85. The summed E-state index contributed by atoms with van der Waals surface area (Å²) in [6.45, 7) is 0.0388. The summed E-state index contributed by atoms with van der Waals surface area (Å²) in [5.41, 5.74) is -0.236. The van der Waals surface area contributed by atoms with Crippen LogP contribution in [0.25, 0.3) is 0 Å². The fraction of sp³-hybridized carbons (Fsp3) is 0.154. The Morgan fingerprint density at radius 3 is 2.67 bits per heavy atom. The van der Waals surface area contributed by atoms with Crippen molar-refractivity contribution < 1.29 is 27.5 Å². The Morgan fingerprint density at radius 1 is 1.33 bits per heavy atom. The Balaban J connectivity index is 2.17. The molecule has 0 bridgehead atoms. The van der Waals surface area contributed by atoms with Gasteiger partial charge in [0.15, 0.2) is 0 Å². The molecule has 21 heavy (non-hydrogen) atoms. The molecule has 0 aliphatic carbocycles. The van der Waals surface area contributed by atoms with E-state index in [0.717, 1.165) is 6.07 Å². The molecule has 0 aliphatic heterocycles. The van der Waals surface area contributed by atoms with Gasteiger partial charge in [0.2, 0.25) is 5.76 Å². The predicted molar refractivity (Wildman–Crippen MR) is 72.1 cm³/mol. The molecule has 8 heteroatoms. The van der Waals surface area contributed by atoms with Gasteiger partial charge in [-0.25, -0.2) is 4.79 Å². The molecule has 0 atom stereocenters. The van der Waals surface area contributed by atoms with E-state index in [9.17, 15) is 18.0 Å². The third-order valence-corrected chi connectivity index (χ3v) is 3.39. The summed E-state index contributed by atoms with van der Waals surface area (Å²) in [6, 6.07) is 5.13. The average molecular weight is 364 g/mol. The molecule has 0 radical (unpaired) electrons. The molecule has 0 aliphatic rings. The number of aromatic carboxylic acids is 1. The third kappa shape index (κ3) is 3.57. The molecule has 0 fully saturated rings. The van der Waals surface area contributed by atoms with Crippen LogP contribution in [0.1, 0.15) is 21.7 Å². The van der Waals surface area contributed by atoms with Gasteiger partial charge in [0.05, 0.1) is 11.8 Å². The monoisotopic (exact) mass is 363 g/mol. The van der Waals surface area contributed by atoms with Crippen molar-refractivity contribution in [3.05, 3.63) is 51.9 Å². The summed E-state index contributed by atoms with van der Waals surface area (Å²) in [6.07, 6.45) is -3.26. The van der Waals surface area contributed by atoms with Crippen LogP contribution in [0, 0.1) is 0 Å². The van der Waals surface area contributed by atoms with E-state index < -0.39 is 17.7 Å². The second-order valence-corrected chi connectivity index (χ2v) is 4.98. The summed E-state index contributed by atoms with van der Waals surface area (Å²) in [5, 5.41) is 11.6. The minimum absolute atomic E-state index is 0.0388. The summed E-state index contributed by atoms with van der Waals surface area (Å²) in [4.78, 5) is 10.8. The van der Waals surface area contributed by atoms with Crippen LogP contribution in [-0.2, 0) is 12.7 Å². The minimum atomic E-state index is -4.47. The van der Waals surface area contributed by atoms with E-state index in [-0.39, 0.29) is 22.5 Å². The Hall–Kier alpha value is -1.96. The largest absolute Gasteiger partial charge is 0.475 e.